The Bertz CT molecular complexity index is 572. The highest BCUT2D eigenvalue weighted by atomic mass is 19.1. The largest absolute Gasteiger partial charge is 0.240 e. The van der Waals surface area contributed by atoms with Crippen molar-refractivity contribution in [2.24, 2.45) is 0 Å². The first kappa shape index (κ1) is 12.2. The molecule has 0 amide bonds. The van der Waals surface area contributed by atoms with Crippen molar-refractivity contribution in [3.63, 3.8) is 0 Å². The van der Waals surface area contributed by atoms with Gasteiger partial charge in [0.25, 0.3) is 0 Å². The summed E-state index contributed by atoms with van der Waals surface area (Å²) in [4.78, 5) is 8.48. The average molecular weight is 241 g/mol. The van der Waals surface area contributed by atoms with Gasteiger partial charge in [-0.2, -0.15) is 5.26 Å². The lowest BCUT2D eigenvalue weighted by Crippen LogP contribution is -2.01. The predicted molar refractivity (Wildman–Crippen MR) is 66.1 cm³/mol. The van der Waals surface area contributed by atoms with Gasteiger partial charge in [0, 0.05) is 11.8 Å². The molecule has 2 aromatic rings. The number of halogens is 1. The van der Waals surface area contributed by atoms with Crippen molar-refractivity contribution >= 4 is 0 Å². The van der Waals surface area contributed by atoms with E-state index in [1.165, 1.54) is 12.1 Å². The molecule has 1 aromatic heterocycles. The van der Waals surface area contributed by atoms with Crippen molar-refractivity contribution in [2.75, 3.05) is 0 Å². The molecule has 0 saturated carbocycles. The van der Waals surface area contributed by atoms with Crippen LogP contribution in [0.2, 0.25) is 0 Å². The molecule has 0 aliphatic rings. The van der Waals surface area contributed by atoms with Gasteiger partial charge in [0.15, 0.2) is 0 Å². The van der Waals surface area contributed by atoms with Crippen molar-refractivity contribution in [1.29, 1.82) is 5.26 Å². The van der Waals surface area contributed by atoms with Crippen LogP contribution in [-0.2, 0) is 0 Å². The van der Waals surface area contributed by atoms with Gasteiger partial charge < -0.3 is 0 Å². The van der Waals surface area contributed by atoms with Gasteiger partial charge in [0.1, 0.15) is 17.6 Å². The Kier molecular flexibility index (Phi) is 3.63. The van der Waals surface area contributed by atoms with Crippen LogP contribution < -0.4 is 0 Å². The van der Waals surface area contributed by atoms with Crippen LogP contribution >= 0.6 is 0 Å². The molecule has 18 heavy (non-hydrogen) atoms. The summed E-state index contributed by atoms with van der Waals surface area (Å²) < 4.78 is 12.8. The van der Waals surface area contributed by atoms with E-state index >= 15 is 0 Å². The molecule has 90 valence electrons. The van der Waals surface area contributed by atoms with Gasteiger partial charge in [-0.25, -0.2) is 14.4 Å². The van der Waals surface area contributed by atoms with Crippen molar-refractivity contribution in [2.45, 2.75) is 19.3 Å². The lowest BCUT2D eigenvalue weighted by molar-refractivity contribution is 0.628. The van der Waals surface area contributed by atoms with Gasteiger partial charge in [-0.3, -0.25) is 0 Å². The summed E-state index contributed by atoms with van der Waals surface area (Å²) in [6, 6.07) is 10.0. The smallest absolute Gasteiger partial charge is 0.146 e. The third-order valence-electron chi connectivity index (χ3n) is 2.69. The van der Waals surface area contributed by atoms with E-state index in [-0.39, 0.29) is 11.7 Å². The number of nitrogens with zero attached hydrogens (tertiary/aromatic N) is 3. The summed E-state index contributed by atoms with van der Waals surface area (Å²) in [6.07, 6.45) is 2.30. The Morgan fingerprint density at radius 3 is 2.61 bits per heavy atom. The molecule has 0 N–H and O–H groups in total. The van der Waals surface area contributed by atoms with Gasteiger partial charge in [0.05, 0.1) is 11.8 Å². The fraction of sp³-hybridized carbons (Fsp3) is 0.214. The third-order valence-corrected chi connectivity index (χ3v) is 2.69. The molecule has 0 aliphatic carbocycles. The van der Waals surface area contributed by atoms with E-state index in [2.05, 4.69) is 16.0 Å². The Hall–Kier alpha value is -2.28. The molecule has 3 nitrogen and oxygen atoms in total. The van der Waals surface area contributed by atoms with Crippen LogP contribution in [0.4, 0.5) is 4.39 Å². The second-order valence-corrected chi connectivity index (χ2v) is 3.90. The van der Waals surface area contributed by atoms with E-state index < -0.39 is 0 Å². The van der Waals surface area contributed by atoms with Crippen LogP contribution in [0.1, 0.15) is 25.1 Å². The number of hydrogen-bond acceptors (Lipinski definition) is 3. The first-order valence-electron chi connectivity index (χ1n) is 5.73. The first-order chi connectivity index (χ1) is 8.74. The van der Waals surface area contributed by atoms with Crippen LogP contribution in [0.5, 0.6) is 0 Å². The summed E-state index contributed by atoms with van der Waals surface area (Å²) in [5.74, 6) is -0.0660. The van der Waals surface area contributed by atoms with Crippen LogP contribution in [-0.4, -0.2) is 9.97 Å². The number of benzene rings is 1. The standard InChI is InChI=1S/C14H12FN3/c1-2-10(9-16)14-17-8-7-13(18-14)11-3-5-12(15)6-4-11/h3-8,10H,2H2,1H3. The molecule has 1 aromatic carbocycles. The molecule has 2 rings (SSSR count). The minimum Gasteiger partial charge on any atom is -0.240 e. The van der Waals surface area contributed by atoms with Crippen molar-refractivity contribution < 1.29 is 4.39 Å². The van der Waals surface area contributed by atoms with Gasteiger partial charge in [-0.1, -0.05) is 6.92 Å². The molecule has 0 aliphatic heterocycles. The Morgan fingerprint density at radius 1 is 1.28 bits per heavy atom. The van der Waals surface area contributed by atoms with Gasteiger partial charge in [-0.05, 0) is 36.8 Å². The third kappa shape index (κ3) is 2.51. The molecule has 0 spiro atoms. The van der Waals surface area contributed by atoms with Gasteiger partial charge in [0.2, 0.25) is 0 Å². The van der Waals surface area contributed by atoms with E-state index in [4.69, 9.17) is 5.26 Å². The van der Waals surface area contributed by atoms with E-state index in [1.807, 2.05) is 6.92 Å². The molecule has 0 bridgehead atoms. The maximum Gasteiger partial charge on any atom is 0.146 e. The monoisotopic (exact) mass is 241 g/mol. The molecular formula is C14H12FN3. The number of aromatic nitrogens is 2. The van der Waals surface area contributed by atoms with Crippen LogP contribution in [0.25, 0.3) is 11.3 Å². The highest BCUT2D eigenvalue weighted by Crippen LogP contribution is 2.20. The summed E-state index contributed by atoms with van der Waals surface area (Å²) in [5.41, 5.74) is 1.52. The van der Waals surface area contributed by atoms with Crippen LogP contribution in [0.3, 0.4) is 0 Å². The Labute approximate surface area is 105 Å². The number of hydrogen-bond donors (Lipinski definition) is 0. The van der Waals surface area contributed by atoms with Gasteiger partial charge >= 0.3 is 0 Å². The molecule has 4 heteroatoms. The lowest BCUT2D eigenvalue weighted by atomic mass is 10.1. The number of nitriles is 1. The molecular weight excluding hydrogens is 229 g/mol. The quantitative estimate of drug-likeness (QED) is 0.828. The second-order valence-electron chi connectivity index (χ2n) is 3.90. The van der Waals surface area contributed by atoms with Crippen molar-refractivity contribution in [3.05, 3.63) is 48.2 Å². The summed E-state index contributed by atoms with van der Waals surface area (Å²) in [7, 11) is 0. The van der Waals surface area contributed by atoms with E-state index in [0.717, 1.165) is 5.56 Å². The zero-order valence-electron chi connectivity index (χ0n) is 9.97. The normalized spacial score (nSPS) is 11.8. The molecule has 1 atom stereocenters. The minimum absolute atomic E-state index is 0.281. The summed E-state index contributed by atoms with van der Waals surface area (Å²) in [5, 5.41) is 9.00. The highest BCUT2D eigenvalue weighted by molar-refractivity contribution is 5.58. The van der Waals surface area contributed by atoms with Crippen LogP contribution in [0, 0.1) is 17.1 Å². The van der Waals surface area contributed by atoms with Crippen molar-refractivity contribution in [3.8, 4) is 17.3 Å². The van der Waals surface area contributed by atoms with Crippen LogP contribution in [0.15, 0.2) is 36.5 Å². The molecule has 0 fully saturated rings. The minimum atomic E-state index is -0.301. The maximum absolute atomic E-state index is 12.8. The molecule has 0 radical (unpaired) electrons. The van der Waals surface area contributed by atoms with E-state index in [0.29, 0.717) is 17.9 Å². The zero-order chi connectivity index (χ0) is 13.0. The molecule has 0 saturated heterocycles. The fourth-order valence-corrected chi connectivity index (χ4v) is 1.65. The Balaban J connectivity index is 2.38. The first-order valence-corrected chi connectivity index (χ1v) is 5.73. The SMILES string of the molecule is CCC(C#N)c1nccc(-c2ccc(F)cc2)n1. The zero-order valence-corrected chi connectivity index (χ0v) is 9.97. The van der Waals surface area contributed by atoms with E-state index in [9.17, 15) is 4.39 Å². The topological polar surface area (TPSA) is 49.6 Å². The van der Waals surface area contributed by atoms with Crippen molar-refractivity contribution in [1.82, 2.24) is 9.97 Å². The fourth-order valence-electron chi connectivity index (χ4n) is 1.65. The average Bonchev–Trinajstić information content (AvgIpc) is 2.41. The summed E-state index contributed by atoms with van der Waals surface area (Å²) >= 11 is 0. The van der Waals surface area contributed by atoms with Gasteiger partial charge in [-0.15, -0.1) is 0 Å². The maximum atomic E-state index is 12.8. The second kappa shape index (κ2) is 5.37. The predicted octanol–water partition coefficient (Wildman–Crippen LogP) is 3.30. The Morgan fingerprint density at radius 2 is 2.00 bits per heavy atom. The highest BCUT2D eigenvalue weighted by Gasteiger charge is 2.12. The molecule has 1 unspecified atom stereocenters. The molecule has 1 heterocycles. The van der Waals surface area contributed by atoms with E-state index in [1.54, 1.807) is 24.4 Å². The lowest BCUT2D eigenvalue weighted by Gasteiger charge is -2.06. The summed E-state index contributed by atoms with van der Waals surface area (Å²) in [6.45, 7) is 1.92. The number of rotatable bonds is 3.